The molecule has 1 heterocycles. The molecule has 0 aliphatic carbocycles. The minimum atomic E-state index is 0.599. The third kappa shape index (κ3) is 2.98. The largest absolute Gasteiger partial charge is 0.235 e. The van der Waals surface area contributed by atoms with Gasteiger partial charge in [0.25, 0.3) is 0 Å². The first-order chi connectivity index (χ1) is 10.8. The smallest absolute Gasteiger partial charge is 0.134 e. The highest BCUT2D eigenvalue weighted by atomic mass is 32.1. The summed E-state index contributed by atoms with van der Waals surface area (Å²) in [6.07, 6.45) is 1.91. The highest BCUT2D eigenvalue weighted by Gasteiger charge is 2.09. The zero-order chi connectivity index (χ0) is 15.4. The lowest BCUT2D eigenvalue weighted by Crippen LogP contribution is -1.84. The maximum absolute atomic E-state index is 9.46. The maximum atomic E-state index is 9.46. The Morgan fingerprint density at radius 3 is 2.55 bits per heavy atom. The van der Waals surface area contributed by atoms with Crippen LogP contribution in [0.4, 0.5) is 0 Å². The molecule has 0 fully saturated rings. The van der Waals surface area contributed by atoms with Crippen molar-refractivity contribution in [2.45, 2.75) is 6.92 Å². The summed E-state index contributed by atoms with van der Waals surface area (Å²) in [6.45, 7) is 2.04. The van der Waals surface area contributed by atoms with Crippen molar-refractivity contribution in [3.63, 3.8) is 0 Å². The van der Waals surface area contributed by atoms with Gasteiger partial charge in [0.05, 0.1) is 11.3 Å². The number of thiazole rings is 1. The van der Waals surface area contributed by atoms with Gasteiger partial charge in [-0.2, -0.15) is 5.26 Å². The number of allylic oxidation sites excluding steroid dienone is 1. The van der Waals surface area contributed by atoms with Crippen molar-refractivity contribution in [1.29, 1.82) is 5.26 Å². The van der Waals surface area contributed by atoms with Crippen LogP contribution in [0.5, 0.6) is 0 Å². The third-order valence-electron chi connectivity index (χ3n) is 3.41. The molecule has 3 aromatic rings. The number of nitriles is 1. The molecule has 0 radical (unpaired) electrons. The van der Waals surface area contributed by atoms with Crippen LogP contribution in [-0.4, -0.2) is 4.98 Å². The molecule has 0 unspecified atom stereocenters. The summed E-state index contributed by atoms with van der Waals surface area (Å²) < 4.78 is 0. The fraction of sp³-hybridized carbons (Fsp3) is 0.0526. The van der Waals surface area contributed by atoms with Gasteiger partial charge in [-0.15, -0.1) is 11.3 Å². The van der Waals surface area contributed by atoms with Crippen LogP contribution in [0.25, 0.3) is 22.9 Å². The predicted molar refractivity (Wildman–Crippen MR) is 92.2 cm³/mol. The van der Waals surface area contributed by atoms with E-state index in [9.17, 15) is 5.26 Å². The molecule has 0 atom stereocenters. The molecular formula is C19H14N2S. The van der Waals surface area contributed by atoms with Gasteiger partial charge in [-0.3, -0.25) is 0 Å². The quantitative estimate of drug-likeness (QED) is 0.625. The van der Waals surface area contributed by atoms with E-state index in [4.69, 9.17) is 0 Å². The first-order valence-corrected chi connectivity index (χ1v) is 7.84. The number of hydrogen-bond acceptors (Lipinski definition) is 3. The molecule has 106 valence electrons. The Morgan fingerprint density at radius 1 is 1.09 bits per heavy atom. The number of nitrogens with zero attached hydrogens (tertiary/aromatic N) is 2. The SMILES string of the molecule is Cc1ccccc1/C=C(\C#N)c1nc(-c2ccccc2)cs1. The highest BCUT2D eigenvalue weighted by Crippen LogP contribution is 2.27. The number of benzene rings is 2. The van der Waals surface area contributed by atoms with E-state index in [1.54, 1.807) is 0 Å². The fourth-order valence-electron chi connectivity index (χ4n) is 2.19. The van der Waals surface area contributed by atoms with Crippen molar-refractivity contribution < 1.29 is 0 Å². The van der Waals surface area contributed by atoms with Crippen LogP contribution in [0.2, 0.25) is 0 Å². The summed E-state index contributed by atoms with van der Waals surface area (Å²) in [5.74, 6) is 0. The Morgan fingerprint density at radius 2 is 1.82 bits per heavy atom. The molecule has 0 bridgehead atoms. The molecule has 0 spiro atoms. The predicted octanol–water partition coefficient (Wildman–Crippen LogP) is 5.18. The standard InChI is InChI=1S/C19H14N2S/c1-14-7-5-6-10-16(14)11-17(12-20)19-21-18(13-22-19)15-8-3-2-4-9-15/h2-11,13H,1H3/b17-11+. The average molecular weight is 302 g/mol. The molecular weight excluding hydrogens is 288 g/mol. The van der Waals surface area contributed by atoms with Crippen molar-refractivity contribution in [2.24, 2.45) is 0 Å². The van der Waals surface area contributed by atoms with Crippen molar-refractivity contribution in [1.82, 2.24) is 4.98 Å². The van der Waals surface area contributed by atoms with E-state index in [-0.39, 0.29) is 0 Å². The Hall–Kier alpha value is -2.70. The maximum Gasteiger partial charge on any atom is 0.134 e. The summed E-state index contributed by atoms with van der Waals surface area (Å²) in [6, 6.07) is 20.3. The number of aromatic nitrogens is 1. The van der Waals surface area contributed by atoms with E-state index in [1.807, 2.05) is 73.0 Å². The normalized spacial score (nSPS) is 11.2. The number of aryl methyl sites for hydroxylation is 1. The second-order valence-corrected chi connectivity index (χ2v) is 5.79. The summed E-state index contributed by atoms with van der Waals surface area (Å²) >= 11 is 1.50. The van der Waals surface area contributed by atoms with E-state index in [0.717, 1.165) is 27.4 Å². The molecule has 22 heavy (non-hydrogen) atoms. The van der Waals surface area contributed by atoms with Crippen molar-refractivity contribution >= 4 is 23.0 Å². The molecule has 0 saturated carbocycles. The lowest BCUT2D eigenvalue weighted by molar-refractivity contribution is 1.37. The topological polar surface area (TPSA) is 36.7 Å². The van der Waals surface area contributed by atoms with Crippen LogP contribution in [0.15, 0.2) is 60.0 Å². The van der Waals surface area contributed by atoms with E-state index < -0.39 is 0 Å². The second-order valence-electron chi connectivity index (χ2n) is 4.93. The molecule has 0 amide bonds. The number of rotatable bonds is 3. The zero-order valence-electron chi connectivity index (χ0n) is 12.2. The molecule has 3 heteroatoms. The summed E-state index contributed by atoms with van der Waals surface area (Å²) in [7, 11) is 0. The molecule has 2 nitrogen and oxygen atoms in total. The summed E-state index contributed by atoms with van der Waals surface area (Å²) in [5.41, 5.74) is 4.77. The van der Waals surface area contributed by atoms with Gasteiger partial charge in [0, 0.05) is 10.9 Å². The first kappa shape index (κ1) is 14.2. The van der Waals surface area contributed by atoms with E-state index >= 15 is 0 Å². The average Bonchev–Trinajstić information content (AvgIpc) is 3.05. The Labute approximate surface area is 134 Å². The van der Waals surface area contributed by atoms with Crippen LogP contribution in [-0.2, 0) is 0 Å². The lowest BCUT2D eigenvalue weighted by Gasteiger charge is -2.00. The molecule has 0 saturated heterocycles. The van der Waals surface area contributed by atoms with Gasteiger partial charge < -0.3 is 0 Å². The molecule has 1 aromatic heterocycles. The van der Waals surface area contributed by atoms with Gasteiger partial charge in [-0.1, -0.05) is 54.6 Å². The Kier molecular flexibility index (Phi) is 4.13. The minimum Gasteiger partial charge on any atom is -0.235 e. The van der Waals surface area contributed by atoms with Crippen molar-refractivity contribution in [3.8, 4) is 17.3 Å². The van der Waals surface area contributed by atoms with Gasteiger partial charge in [-0.25, -0.2) is 4.98 Å². The molecule has 0 aliphatic heterocycles. The third-order valence-corrected chi connectivity index (χ3v) is 4.29. The van der Waals surface area contributed by atoms with Gasteiger partial charge in [0.15, 0.2) is 0 Å². The van der Waals surface area contributed by atoms with E-state index in [2.05, 4.69) is 11.1 Å². The molecule has 2 aromatic carbocycles. The lowest BCUT2D eigenvalue weighted by atomic mass is 10.1. The Bertz CT molecular complexity index is 854. The van der Waals surface area contributed by atoms with Crippen LogP contribution >= 0.6 is 11.3 Å². The minimum absolute atomic E-state index is 0.599. The molecule has 0 aliphatic rings. The van der Waals surface area contributed by atoms with Gasteiger partial charge >= 0.3 is 0 Å². The van der Waals surface area contributed by atoms with Crippen molar-refractivity contribution in [3.05, 3.63) is 76.1 Å². The van der Waals surface area contributed by atoms with Gasteiger partial charge in [0.2, 0.25) is 0 Å². The monoisotopic (exact) mass is 302 g/mol. The number of hydrogen-bond donors (Lipinski definition) is 0. The van der Waals surface area contributed by atoms with E-state index in [0.29, 0.717) is 5.57 Å². The van der Waals surface area contributed by atoms with Crippen LogP contribution in [0, 0.1) is 18.3 Å². The molecule has 3 rings (SSSR count). The Balaban J connectivity index is 1.98. The second kappa shape index (κ2) is 6.38. The summed E-state index contributed by atoms with van der Waals surface area (Å²) in [4.78, 5) is 4.61. The molecule has 0 N–H and O–H groups in total. The van der Waals surface area contributed by atoms with Gasteiger partial charge in [0.1, 0.15) is 11.1 Å². The van der Waals surface area contributed by atoms with Crippen LogP contribution < -0.4 is 0 Å². The van der Waals surface area contributed by atoms with Crippen LogP contribution in [0.1, 0.15) is 16.1 Å². The zero-order valence-corrected chi connectivity index (χ0v) is 13.0. The first-order valence-electron chi connectivity index (χ1n) is 6.96. The fourth-order valence-corrected chi connectivity index (χ4v) is 2.98. The van der Waals surface area contributed by atoms with Crippen LogP contribution in [0.3, 0.4) is 0 Å². The highest BCUT2D eigenvalue weighted by molar-refractivity contribution is 7.11. The van der Waals surface area contributed by atoms with Gasteiger partial charge in [-0.05, 0) is 24.1 Å². The summed E-state index contributed by atoms with van der Waals surface area (Å²) in [5, 5.41) is 12.2. The van der Waals surface area contributed by atoms with Crippen molar-refractivity contribution in [2.75, 3.05) is 0 Å². The van der Waals surface area contributed by atoms with E-state index in [1.165, 1.54) is 11.3 Å².